The minimum atomic E-state index is -0.419. The van der Waals surface area contributed by atoms with Gasteiger partial charge >= 0.3 is 0 Å². The van der Waals surface area contributed by atoms with Crippen LogP contribution in [0, 0.1) is 11.6 Å². The monoisotopic (exact) mass is 416 g/mol. The van der Waals surface area contributed by atoms with Crippen LogP contribution in [0.2, 0.25) is 0 Å². The maximum absolute atomic E-state index is 13.3. The number of anilines is 1. The van der Waals surface area contributed by atoms with Crippen LogP contribution in [0.1, 0.15) is 62.2 Å². The van der Waals surface area contributed by atoms with Gasteiger partial charge in [-0.15, -0.1) is 0 Å². The van der Waals surface area contributed by atoms with Gasteiger partial charge in [0.1, 0.15) is 11.6 Å². The van der Waals surface area contributed by atoms with Crippen LogP contribution in [-0.4, -0.2) is 24.9 Å². The molecule has 0 aliphatic carbocycles. The first-order chi connectivity index (χ1) is 14.5. The number of nitrogens with zero attached hydrogens (tertiary/aromatic N) is 1. The summed E-state index contributed by atoms with van der Waals surface area (Å²) in [5.74, 6) is -1.09. The van der Waals surface area contributed by atoms with E-state index in [9.17, 15) is 18.4 Å². The second-order valence-electron chi connectivity index (χ2n) is 7.31. The molecule has 0 saturated heterocycles. The van der Waals surface area contributed by atoms with Gasteiger partial charge < -0.3 is 10.2 Å². The summed E-state index contributed by atoms with van der Waals surface area (Å²) in [4.78, 5) is 26.4. The standard InChI is InChI=1S/C24H30F2N2O2/c1-2-3-4-5-6-8-23(29)27-17-7-18-28(22-15-13-21(26)14-16-22)24(30)19-9-11-20(25)12-10-19/h9-16H,2-8,17-18H2,1H3,(H,27,29). The number of hydrogen-bond acceptors (Lipinski definition) is 2. The molecule has 162 valence electrons. The van der Waals surface area contributed by atoms with Crippen LogP contribution >= 0.6 is 0 Å². The van der Waals surface area contributed by atoms with Gasteiger partial charge in [-0.25, -0.2) is 8.78 Å². The van der Waals surface area contributed by atoms with Crippen molar-refractivity contribution >= 4 is 17.5 Å². The average molecular weight is 417 g/mol. The summed E-state index contributed by atoms with van der Waals surface area (Å²) in [7, 11) is 0. The van der Waals surface area contributed by atoms with Crippen molar-refractivity contribution in [3.63, 3.8) is 0 Å². The van der Waals surface area contributed by atoms with Crippen molar-refractivity contribution in [2.24, 2.45) is 0 Å². The molecule has 2 rings (SSSR count). The largest absolute Gasteiger partial charge is 0.356 e. The quantitative estimate of drug-likeness (QED) is 0.466. The van der Waals surface area contributed by atoms with Crippen LogP contribution < -0.4 is 10.2 Å². The maximum Gasteiger partial charge on any atom is 0.258 e. The van der Waals surface area contributed by atoms with E-state index in [1.807, 2.05) is 0 Å². The highest BCUT2D eigenvalue weighted by Crippen LogP contribution is 2.19. The van der Waals surface area contributed by atoms with Crippen molar-refractivity contribution in [1.82, 2.24) is 5.32 Å². The fourth-order valence-electron chi connectivity index (χ4n) is 3.16. The summed E-state index contributed by atoms with van der Waals surface area (Å²) in [6.07, 6.45) is 6.53. The van der Waals surface area contributed by atoms with Crippen LogP contribution in [0.15, 0.2) is 48.5 Å². The van der Waals surface area contributed by atoms with Crippen molar-refractivity contribution < 1.29 is 18.4 Å². The molecule has 0 radical (unpaired) electrons. The second kappa shape index (κ2) is 12.7. The molecule has 0 unspecified atom stereocenters. The van der Waals surface area contributed by atoms with E-state index in [1.54, 1.807) is 0 Å². The van der Waals surface area contributed by atoms with Crippen molar-refractivity contribution in [1.29, 1.82) is 0 Å². The lowest BCUT2D eigenvalue weighted by Gasteiger charge is -2.23. The van der Waals surface area contributed by atoms with Crippen LogP contribution in [-0.2, 0) is 4.79 Å². The minimum Gasteiger partial charge on any atom is -0.356 e. The Hall–Kier alpha value is -2.76. The second-order valence-corrected chi connectivity index (χ2v) is 7.31. The summed E-state index contributed by atoms with van der Waals surface area (Å²) >= 11 is 0. The molecular formula is C24H30F2N2O2. The van der Waals surface area contributed by atoms with Gasteiger partial charge in [0, 0.05) is 30.8 Å². The van der Waals surface area contributed by atoms with Crippen LogP contribution in [0.5, 0.6) is 0 Å². The lowest BCUT2D eigenvalue weighted by Crippen LogP contribution is -2.34. The highest BCUT2D eigenvalue weighted by atomic mass is 19.1. The number of benzene rings is 2. The highest BCUT2D eigenvalue weighted by Gasteiger charge is 2.18. The number of nitrogens with one attached hydrogen (secondary N) is 1. The first-order valence-corrected chi connectivity index (χ1v) is 10.6. The lowest BCUT2D eigenvalue weighted by molar-refractivity contribution is -0.121. The van der Waals surface area contributed by atoms with E-state index in [2.05, 4.69) is 12.2 Å². The zero-order valence-electron chi connectivity index (χ0n) is 17.5. The van der Waals surface area contributed by atoms with Gasteiger partial charge in [0.25, 0.3) is 5.91 Å². The molecule has 0 saturated carbocycles. The molecule has 2 aromatic rings. The predicted octanol–water partition coefficient (Wildman–Crippen LogP) is 5.48. The number of hydrogen-bond donors (Lipinski definition) is 1. The van der Waals surface area contributed by atoms with Crippen molar-refractivity contribution in [3.8, 4) is 0 Å². The molecule has 0 aliphatic heterocycles. The maximum atomic E-state index is 13.3. The van der Waals surface area contributed by atoms with E-state index < -0.39 is 5.82 Å². The molecule has 0 atom stereocenters. The summed E-state index contributed by atoms with van der Waals surface area (Å²) in [6, 6.07) is 11.0. The Morgan fingerprint density at radius 1 is 0.833 bits per heavy atom. The Labute approximate surface area is 177 Å². The molecule has 0 aliphatic rings. The SMILES string of the molecule is CCCCCCCC(=O)NCCCN(C(=O)c1ccc(F)cc1)c1ccc(F)cc1. The number of amides is 2. The van der Waals surface area contributed by atoms with E-state index in [4.69, 9.17) is 0 Å². The van der Waals surface area contributed by atoms with Gasteiger partial charge in [-0.2, -0.15) is 0 Å². The average Bonchev–Trinajstić information content (AvgIpc) is 2.74. The Bertz CT molecular complexity index is 792. The number of unbranched alkanes of at least 4 members (excludes halogenated alkanes) is 4. The molecule has 0 fully saturated rings. The first kappa shape index (κ1) is 23.5. The normalized spacial score (nSPS) is 10.6. The van der Waals surface area contributed by atoms with Crippen LogP contribution in [0.3, 0.4) is 0 Å². The Morgan fingerprint density at radius 3 is 2.07 bits per heavy atom. The Kier molecular flexibility index (Phi) is 9.98. The molecule has 0 heterocycles. The van der Waals surface area contributed by atoms with E-state index in [1.165, 1.54) is 66.3 Å². The van der Waals surface area contributed by atoms with E-state index >= 15 is 0 Å². The third-order valence-corrected chi connectivity index (χ3v) is 4.86. The lowest BCUT2D eigenvalue weighted by atomic mass is 10.1. The van der Waals surface area contributed by atoms with Crippen LogP contribution in [0.25, 0.3) is 0 Å². The highest BCUT2D eigenvalue weighted by molar-refractivity contribution is 6.06. The van der Waals surface area contributed by atoms with Crippen molar-refractivity contribution in [2.75, 3.05) is 18.0 Å². The Morgan fingerprint density at radius 2 is 1.43 bits per heavy atom. The first-order valence-electron chi connectivity index (χ1n) is 10.6. The molecule has 4 nitrogen and oxygen atoms in total. The molecule has 6 heteroatoms. The summed E-state index contributed by atoms with van der Waals surface area (Å²) < 4.78 is 26.5. The summed E-state index contributed by atoms with van der Waals surface area (Å²) in [5, 5.41) is 2.89. The molecule has 2 aromatic carbocycles. The number of halogens is 2. The number of carbonyl (C=O) groups is 2. The number of rotatable bonds is 12. The van der Waals surface area contributed by atoms with Crippen molar-refractivity contribution in [3.05, 3.63) is 65.7 Å². The van der Waals surface area contributed by atoms with Gasteiger partial charge in [-0.05, 0) is 61.4 Å². The van der Waals surface area contributed by atoms with Gasteiger partial charge in [-0.3, -0.25) is 9.59 Å². The molecular weight excluding hydrogens is 386 g/mol. The topological polar surface area (TPSA) is 49.4 Å². The third kappa shape index (κ3) is 7.93. The molecule has 0 spiro atoms. The predicted molar refractivity (Wildman–Crippen MR) is 115 cm³/mol. The van der Waals surface area contributed by atoms with Crippen LogP contribution in [0.4, 0.5) is 14.5 Å². The zero-order chi connectivity index (χ0) is 21.8. The smallest absolute Gasteiger partial charge is 0.258 e. The fourth-order valence-corrected chi connectivity index (χ4v) is 3.16. The van der Waals surface area contributed by atoms with Gasteiger partial charge in [0.05, 0.1) is 0 Å². The minimum absolute atomic E-state index is 0.0182. The van der Waals surface area contributed by atoms with Gasteiger partial charge in [0.2, 0.25) is 5.91 Å². The van der Waals surface area contributed by atoms with E-state index in [0.29, 0.717) is 37.2 Å². The zero-order valence-corrected chi connectivity index (χ0v) is 17.5. The fraction of sp³-hybridized carbons (Fsp3) is 0.417. The molecule has 2 amide bonds. The van der Waals surface area contributed by atoms with E-state index in [-0.39, 0.29) is 17.6 Å². The molecule has 30 heavy (non-hydrogen) atoms. The number of carbonyl (C=O) groups excluding carboxylic acids is 2. The van der Waals surface area contributed by atoms with E-state index in [0.717, 1.165) is 19.3 Å². The molecule has 0 bridgehead atoms. The summed E-state index contributed by atoms with van der Waals surface area (Å²) in [6.45, 7) is 2.95. The molecule has 0 aromatic heterocycles. The summed E-state index contributed by atoms with van der Waals surface area (Å²) in [5.41, 5.74) is 0.893. The third-order valence-electron chi connectivity index (χ3n) is 4.86. The van der Waals surface area contributed by atoms with Gasteiger partial charge in [-0.1, -0.05) is 32.6 Å². The van der Waals surface area contributed by atoms with Gasteiger partial charge in [0.15, 0.2) is 0 Å². The van der Waals surface area contributed by atoms with Crippen molar-refractivity contribution in [2.45, 2.75) is 51.9 Å². The molecule has 1 N–H and O–H groups in total. The Balaban J connectivity index is 1.89.